The fourth-order valence-electron chi connectivity index (χ4n) is 6.86. The van der Waals surface area contributed by atoms with Gasteiger partial charge in [0, 0.05) is 23.0 Å². The number of nitrogens with one attached hydrogen (secondary N) is 1. The first-order valence-corrected chi connectivity index (χ1v) is 13.0. The van der Waals surface area contributed by atoms with E-state index in [2.05, 4.69) is 24.2 Å². The monoisotopic (exact) mass is 468 g/mol. The standard InChI is InChI=1S/C26H32N2O2S2/c1-4-30-24(29)22-21(20-8-6-5-7-9-20)16(2)32-23(22)27-25(31)28(3)26-13-17-10-18(14-26)12-19(11-17)15-26/h5-9,17-19H,4,10-15H2,1-3H3,(H,27,31). The molecule has 2 aromatic rings. The van der Waals surface area contributed by atoms with Crippen molar-refractivity contribution in [1.82, 2.24) is 4.90 Å². The van der Waals surface area contributed by atoms with E-state index in [4.69, 9.17) is 17.0 Å². The number of thiocarbonyl (C=S) groups is 1. The summed E-state index contributed by atoms with van der Waals surface area (Å²) < 4.78 is 5.46. The molecule has 6 rings (SSSR count). The van der Waals surface area contributed by atoms with Crippen LogP contribution >= 0.6 is 23.6 Å². The Hall–Kier alpha value is -1.92. The van der Waals surface area contributed by atoms with Gasteiger partial charge in [0.05, 0.1) is 6.61 Å². The fraction of sp³-hybridized carbons (Fsp3) is 0.538. The number of hydrogen-bond acceptors (Lipinski definition) is 4. The zero-order chi connectivity index (χ0) is 22.5. The summed E-state index contributed by atoms with van der Waals surface area (Å²) in [4.78, 5) is 16.5. The highest BCUT2D eigenvalue weighted by molar-refractivity contribution is 7.80. The highest BCUT2D eigenvalue weighted by Crippen LogP contribution is 2.57. The Balaban J connectivity index is 1.45. The normalized spacial score (nSPS) is 27.9. The Morgan fingerprint density at radius 3 is 2.31 bits per heavy atom. The summed E-state index contributed by atoms with van der Waals surface area (Å²) in [5.41, 5.74) is 2.74. The van der Waals surface area contributed by atoms with Crippen LogP contribution in [0.15, 0.2) is 30.3 Å². The van der Waals surface area contributed by atoms with E-state index < -0.39 is 0 Å². The molecule has 4 fully saturated rings. The Kier molecular flexibility index (Phi) is 5.79. The van der Waals surface area contributed by atoms with Gasteiger partial charge in [-0.1, -0.05) is 30.3 Å². The van der Waals surface area contributed by atoms with E-state index in [0.717, 1.165) is 43.9 Å². The average Bonchev–Trinajstić information content (AvgIpc) is 3.08. The van der Waals surface area contributed by atoms with Crippen molar-refractivity contribution in [1.29, 1.82) is 0 Å². The number of benzene rings is 1. The minimum atomic E-state index is -0.293. The van der Waals surface area contributed by atoms with Gasteiger partial charge in [0.25, 0.3) is 0 Å². The third-order valence-corrected chi connectivity index (χ3v) is 9.27. The zero-order valence-corrected chi connectivity index (χ0v) is 20.8. The predicted octanol–water partition coefficient (Wildman–Crippen LogP) is 6.50. The van der Waals surface area contributed by atoms with E-state index in [0.29, 0.717) is 12.2 Å². The van der Waals surface area contributed by atoms with Gasteiger partial charge in [0.15, 0.2) is 5.11 Å². The second-order valence-electron chi connectivity index (χ2n) is 9.95. The summed E-state index contributed by atoms with van der Waals surface area (Å²) in [6.45, 7) is 4.25. The number of carbonyl (C=O) groups is 1. The van der Waals surface area contributed by atoms with Crippen LogP contribution in [0.1, 0.15) is 60.7 Å². The summed E-state index contributed by atoms with van der Waals surface area (Å²) in [6, 6.07) is 10.1. The van der Waals surface area contributed by atoms with Crippen molar-refractivity contribution < 1.29 is 9.53 Å². The highest BCUT2D eigenvalue weighted by atomic mass is 32.1. The third kappa shape index (κ3) is 3.75. The molecule has 0 atom stereocenters. The Labute approximate surface area is 200 Å². The minimum Gasteiger partial charge on any atom is -0.462 e. The summed E-state index contributed by atoms with van der Waals surface area (Å²) in [7, 11) is 2.16. The lowest BCUT2D eigenvalue weighted by Crippen LogP contribution is -2.60. The molecule has 1 heterocycles. The lowest BCUT2D eigenvalue weighted by atomic mass is 9.52. The predicted molar refractivity (Wildman–Crippen MR) is 135 cm³/mol. The van der Waals surface area contributed by atoms with E-state index in [1.165, 1.54) is 38.5 Å². The van der Waals surface area contributed by atoms with Gasteiger partial charge >= 0.3 is 5.97 Å². The quantitative estimate of drug-likeness (QED) is 0.401. The fourth-order valence-corrected chi connectivity index (χ4v) is 8.28. The molecule has 4 nitrogen and oxygen atoms in total. The van der Waals surface area contributed by atoms with Crippen molar-refractivity contribution in [3.05, 3.63) is 40.8 Å². The van der Waals surface area contributed by atoms with Crippen LogP contribution in [-0.2, 0) is 4.74 Å². The zero-order valence-electron chi connectivity index (χ0n) is 19.1. The van der Waals surface area contributed by atoms with Crippen molar-refractivity contribution in [3.8, 4) is 11.1 Å². The van der Waals surface area contributed by atoms with Crippen LogP contribution in [0.2, 0.25) is 0 Å². The van der Waals surface area contributed by atoms with Gasteiger partial charge in [-0.3, -0.25) is 0 Å². The van der Waals surface area contributed by atoms with Crippen molar-refractivity contribution in [2.24, 2.45) is 17.8 Å². The lowest BCUT2D eigenvalue weighted by molar-refractivity contribution is -0.0538. The Bertz CT molecular complexity index is 995. The van der Waals surface area contributed by atoms with Crippen LogP contribution in [-0.4, -0.2) is 35.2 Å². The first kappa shape index (κ1) is 21.9. The average molecular weight is 469 g/mol. The molecule has 6 heteroatoms. The number of thiophene rings is 1. The number of nitrogens with zero attached hydrogens (tertiary/aromatic N) is 1. The third-order valence-electron chi connectivity index (χ3n) is 7.87. The molecule has 0 saturated heterocycles. The number of esters is 1. The molecule has 4 bridgehead atoms. The molecule has 4 aliphatic carbocycles. The molecule has 0 aliphatic heterocycles. The van der Waals surface area contributed by atoms with Gasteiger partial charge in [-0.05, 0) is 87.9 Å². The molecule has 0 spiro atoms. The summed E-state index contributed by atoms with van der Waals surface area (Å²) in [6.07, 6.45) is 7.98. The molecular weight excluding hydrogens is 436 g/mol. The van der Waals surface area contributed by atoms with Gasteiger partial charge < -0.3 is 15.0 Å². The topological polar surface area (TPSA) is 41.6 Å². The van der Waals surface area contributed by atoms with Crippen molar-refractivity contribution in [3.63, 3.8) is 0 Å². The molecule has 0 amide bonds. The number of carbonyl (C=O) groups excluding carboxylic acids is 1. The van der Waals surface area contributed by atoms with Crippen molar-refractivity contribution in [2.45, 2.75) is 57.9 Å². The Morgan fingerprint density at radius 2 is 1.75 bits per heavy atom. The van der Waals surface area contributed by atoms with Gasteiger partial charge in [0.1, 0.15) is 10.6 Å². The first-order chi connectivity index (χ1) is 15.4. The molecule has 32 heavy (non-hydrogen) atoms. The number of rotatable bonds is 5. The van der Waals surface area contributed by atoms with E-state index >= 15 is 0 Å². The maximum Gasteiger partial charge on any atom is 0.341 e. The molecule has 1 aromatic heterocycles. The summed E-state index contributed by atoms with van der Waals surface area (Å²) in [5.74, 6) is 2.28. The van der Waals surface area contributed by atoms with Crippen molar-refractivity contribution >= 4 is 39.6 Å². The van der Waals surface area contributed by atoms with Crippen LogP contribution in [0.25, 0.3) is 11.1 Å². The van der Waals surface area contributed by atoms with E-state index in [-0.39, 0.29) is 11.5 Å². The largest absolute Gasteiger partial charge is 0.462 e. The molecular formula is C26H32N2O2S2. The summed E-state index contributed by atoms with van der Waals surface area (Å²) >= 11 is 7.53. The second-order valence-corrected chi connectivity index (χ2v) is 11.6. The smallest absolute Gasteiger partial charge is 0.341 e. The van der Waals surface area contributed by atoms with Crippen molar-refractivity contribution in [2.75, 3.05) is 19.0 Å². The second kappa shape index (κ2) is 8.45. The van der Waals surface area contributed by atoms with Crippen LogP contribution in [0.5, 0.6) is 0 Å². The molecule has 170 valence electrons. The molecule has 1 aromatic carbocycles. The van der Waals surface area contributed by atoms with Gasteiger partial charge in [-0.15, -0.1) is 11.3 Å². The van der Waals surface area contributed by atoms with Crippen LogP contribution in [0.4, 0.5) is 5.00 Å². The molecule has 4 aliphatic rings. The van der Waals surface area contributed by atoms with Crippen LogP contribution < -0.4 is 5.32 Å². The number of ether oxygens (including phenoxy) is 1. The lowest BCUT2D eigenvalue weighted by Gasteiger charge is -2.60. The molecule has 4 saturated carbocycles. The SMILES string of the molecule is CCOC(=O)c1c(NC(=S)N(C)C23CC4CC(CC(C4)C2)C3)sc(C)c1-c1ccccc1. The number of hydrogen-bond donors (Lipinski definition) is 1. The van der Waals surface area contributed by atoms with E-state index in [1.807, 2.05) is 37.3 Å². The molecule has 0 radical (unpaired) electrons. The summed E-state index contributed by atoms with van der Waals surface area (Å²) in [5, 5.41) is 4.99. The molecule has 1 N–H and O–H groups in total. The van der Waals surface area contributed by atoms with E-state index in [9.17, 15) is 4.79 Å². The van der Waals surface area contributed by atoms with Gasteiger partial charge in [-0.2, -0.15) is 0 Å². The number of anilines is 1. The maximum atomic E-state index is 13.0. The van der Waals surface area contributed by atoms with Crippen LogP contribution in [0, 0.1) is 24.7 Å². The Morgan fingerprint density at radius 1 is 1.16 bits per heavy atom. The van der Waals surface area contributed by atoms with Gasteiger partial charge in [0.2, 0.25) is 0 Å². The van der Waals surface area contributed by atoms with Crippen LogP contribution in [0.3, 0.4) is 0 Å². The maximum absolute atomic E-state index is 13.0. The van der Waals surface area contributed by atoms with E-state index in [1.54, 1.807) is 11.3 Å². The van der Waals surface area contributed by atoms with Gasteiger partial charge in [-0.25, -0.2) is 4.79 Å². The number of aryl methyl sites for hydroxylation is 1. The highest BCUT2D eigenvalue weighted by Gasteiger charge is 2.53. The molecule has 0 unspecified atom stereocenters. The first-order valence-electron chi connectivity index (χ1n) is 11.8. The minimum absolute atomic E-state index is 0.178.